The molecule has 1 rings (SSSR count). The highest BCUT2D eigenvalue weighted by Gasteiger charge is 2.46. The molecule has 0 aromatic carbocycles. The van der Waals surface area contributed by atoms with Gasteiger partial charge >= 0.3 is 11.9 Å². The number of hydrogen-bond donors (Lipinski definition) is 4. The monoisotopic (exact) mass is 303 g/mol. The fourth-order valence-corrected chi connectivity index (χ4v) is 3.06. The third-order valence-corrected chi connectivity index (χ3v) is 4.28. The molecule has 112 valence electrons. The van der Waals surface area contributed by atoms with Gasteiger partial charge in [-0.1, -0.05) is 17.8 Å². The van der Waals surface area contributed by atoms with Crippen LogP contribution in [0.4, 0.5) is 0 Å². The number of nitrogens with zero attached hydrogens (tertiary/aromatic N) is 1. The maximum atomic E-state index is 11.2. The van der Waals surface area contributed by atoms with Gasteiger partial charge in [0.15, 0.2) is 5.71 Å². The lowest BCUT2D eigenvalue weighted by atomic mass is 10.1. The van der Waals surface area contributed by atoms with E-state index >= 15 is 0 Å². The fourth-order valence-electron chi connectivity index (χ4n) is 1.74. The van der Waals surface area contributed by atoms with Crippen molar-refractivity contribution in [2.24, 2.45) is 4.99 Å². The van der Waals surface area contributed by atoms with Crippen LogP contribution in [0.5, 0.6) is 0 Å². The van der Waals surface area contributed by atoms with Gasteiger partial charge in [-0.2, -0.15) is 0 Å². The average Bonchev–Trinajstić information content (AvgIpc) is 2.69. The zero-order chi connectivity index (χ0) is 15.3. The molecule has 0 radical (unpaired) electrons. The molecular formula is C12H17NO6S. The molecule has 0 aliphatic carbocycles. The first-order valence-electron chi connectivity index (χ1n) is 6.06. The molecule has 0 spiro atoms. The van der Waals surface area contributed by atoms with Gasteiger partial charge in [-0.05, 0) is 19.8 Å². The molecule has 0 aromatic rings. The highest BCUT2D eigenvalue weighted by atomic mass is 32.2. The third kappa shape index (κ3) is 3.81. The fraction of sp³-hybridized carbons (Fsp3) is 0.583. The SMILES string of the molecule is C[C@@H](O)[C@@]1(CC(=O)O)N=C(C(=O)O)/C(=C/CCCO)S1. The van der Waals surface area contributed by atoms with E-state index in [1.807, 2.05) is 0 Å². The predicted octanol–water partition coefficient (Wildman–Crippen LogP) is 0.467. The van der Waals surface area contributed by atoms with Gasteiger partial charge in [-0.15, -0.1) is 0 Å². The lowest BCUT2D eigenvalue weighted by molar-refractivity contribution is -0.138. The van der Waals surface area contributed by atoms with Gasteiger partial charge in [0.05, 0.1) is 12.5 Å². The molecule has 7 nitrogen and oxygen atoms in total. The molecule has 1 heterocycles. The molecule has 4 N–H and O–H groups in total. The predicted molar refractivity (Wildman–Crippen MR) is 73.7 cm³/mol. The lowest BCUT2D eigenvalue weighted by Gasteiger charge is -2.26. The number of aliphatic imine (C=N–C) groups is 1. The van der Waals surface area contributed by atoms with Crippen molar-refractivity contribution < 1.29 is 30.0 Å². The van der Waals surface area contributed by atoms with E-state index in [0.29, 0.717) is 17.7 Å². The molecular weight excluding hydrogens is 286 g/mol. The smallest absolute Gasteiger partial charge is 0.355 e. The van der Waals surface area contributed by atoms with Crippen molar-refractivity contribution in [1.29, 1.82) is 0 Å². The van der Waals surface area contributed by atoms with E-state index in [-0.39, 0.29) is 12.3 Å². The second-order valence-corrected chi connectivity index (χ2v) is 5.74. The Balaban J connectivity index is 3.10. The van der Waals surface area contributed by atoms with Crippen LogP contribution >= 0.6 is 11.8 Å². The quantitative estimate of drug-likeness (QED) is 0.503. The van der Waals surface area contributed by atoms with Crippen LogP contribution < -0.4 is 0 Å². The first-order valence-corrected chi connectivity index (χ1v) is 6.87. The summed E-state index contributed by atoms with van der Waals surface area (Å²) in [6.45, 7) is 1.36. The Labute approximate surface area is 120 Å². The maximum absolute atomic E-state index is 11.2. The Morgan fingerprint density at radius 2 is 2.10 bits per heavy atom. The standard InChI is InChI=1S/C12H17NO6S/c1-7(15)12(6-9(16)17)13-10(11(18)19)8(20-12)4-2-3-5-14/h4,7,14-15H,2-3,5-6H2,1H3,(H,16,17)(H,18,19)/b8-4-/t7-,12+/m1/s1. The summed E-state index contributed by atoms with van der Waals surface area (Å²) < 4.78 is 0. The number of rotatable bonds is 7. The van der Waals surface area contributed by atoms with E-state index in [1.54, 1.807) is 6.08 Å². The first-order chi connectivity index (χ1) is 9.32. The van der Waals surface area contributed by atoms with Crippen molar-refractivity contribution in [1.82, 2.24) is 0 Å². The van der Waals surface area contributed by atoms with E-state index in [1.165, 1.54) is 6.92 Å². The summed E-state index contributed by atoms with van der Waals surface area (Å²) in [5.74, 6) is -2.43. The third-order valence-electron chi connectivity index (χ3n) is 2.77. The van der Waals surface area contributed by atoms with E-state index in [2.05, 4.69) is 4.99 Å². The van der Waals surface area contributed by atoms with Gasteiger partial charge in [0, 0.05) is 11.5 Å². The Morgan fingerprint density at radius 1 is 1.45 bits per heavy atom. The summed E-state index contributed by atoms with van der Waals surface area (Å²) in [5.41, 5.74) is -0.241. The average molecular weight is 303 g/mol. The van der Waals surface area contributed by atoms with Crippen LogP contribution in [-0.2, 0) is 9.59 Å². The van der Waals surface area contributed by atoms with Crippen LogP contribution in [0, 0.1) is 0 Å². The largest absolute Gasteiger partial charge is 0.481 e. The molecule has 1 aliphatic heterocycles. The minimum Gasteiger partial charge on any atom is -0.481 e. The van der Waals surface area contributed by atoms with E-state index in [0.717, 1.165) is 11.8 Å². The number of hydrogen-bond acceptors (Lipinski definition) is 6. The molecule has 0 bridgehead atoms. The van der Waals surface area contributed by atoms with Gasteiger partial charge in [0.2, 0.25) is 0 Å². The topological polar surface area (TPSA) is 127 Å². The van der Waals surface area contributed by atoms with Crippen LogP contribution in [0.15, 0.2) is 16.0 Å². The first kappa shape index (κ1) is 16.7. The molecule has 0 amide bonds. The second kappa shape index (κ2) is 6.87. The van der Waals surface area contributed by atoms with Crippen molar-refractivity contribution in [3.8, 4) is 0 Å². The van der Waals surface area contributed by atoms with Crippen molar-refractivity contribution in [3.63, 3.8) is 0 Å². The van der Waals surface area contributed by atoms with Crippen molar-refractivity contribution in [2.45, 2.75) is 37.2 Å². The summed E-state index contributed by atoms with van der Waals surface area (Å²) in [4.78, 5) is 24.9. The van der Waals surface area contributed by atoms with E-state index in [4.69, 9.17) is 15.3 Å². The highest BCUT2D eigenvalue weighted by molar-refractivity contribution is 8.06. The summed E-state index contributed by atoms with van der Waals surface area (Å²) in [6, 6.07) is 0. The number of unbranched alkanes of at least 4 members (excludes halogenated alkanes) is 1. The van der Waals surface area contributed by atoms with Crippen LogP contribution in [-0.4, -0.2) is 55.7 Å². The number of carboxylic acids is 2. The number of aliphatic hydroxyl groups is 2. The summed E-state index contributed by atoms with van der Waals surface area (Å²) in [5, 5.41) is 36.6. The highest BCUT2D eigenvalue weighted by Crippen LogP contribution is 2.46. The lowest BCUT2D eigenvalue weighted by Crippen LogP contribution is -2.36. The molecule has 2 atom stereocenters. The number of allylic oxidation sites excluding steroid dienone is 1. The number of carbonyl (C=O) groups is 2. The minimum atomic E-state index is -1.41. The number of aliphatic hydroxyl groups excluding tert-OH is 2. The van der Waals surface area contributed by atoms with Gasteiger partial charge in [-0.3, -0.25) is 9.79 Å². The Hall–Kier alpha value is -1.38. The Morgan fingerprint density at radius 3 is 2.55 bits per heavy atom. The molecule has 1 aliphatic rings. The Bertz CT molecular complexity index is 459. The van der Waals surface area contributed by atoms with Crippen molar-refractivity contribution in [3.05, 3.63) is 11.0 Å². The second-order valence-electron chi connectivity index (χ2n) is 4.39. The van der Waals surface area contributed by atoms with Gasteiger partial charge in [-0.25, -0.2) is 4.79 Å². The van der Waals surface area contributed by atoms with Crippen LogP contribution in [0.2, 0.25) is 0 Å². The zero-order valence-electron chi connectivity index (χ0n) is 10.9. The minimum absolute atomic E-state index is 0.0231. The number of aliphatic carboxylic acids is 2. The van der Waals surface area contributed by atoms with E-state index < -0.39 is 29.3 Å². The van der Waals surface area contributed by atoms with Crippen LogP contribution in [0.25, 0.3) is 0 Å². The van der Waals surface area contributed by atoms with Crippen LogP contribution in [0.1, 0.15) is 26.2 Å². The van der Waals surface area contributed by atoms with Crippen molar-refractivity contribution in [2.75, 3.05) is 6.61 Å². The zero-order valence-corrected chi connectivity index (χ0v) is 11.8. The summed E-state index contributed by atoms with van der Waals surface area (Å²) >= 11 is 0.946. The number of carboxylic acid groups (broad SMARTS) is 2. The van der Waals surface area contributed by atoms with Gasteiger partial charge in [0.25, 0.3) is 0 Å². The van der Waals surface area contributed by atoms with Gasteiger partial charge < -0.3 is 20.4 Å². The van der Waals surface area contributed by atoms with E-state index in [9.17, 15) is 14.7 Å². The van der Waals surface area contributed by atoms with Gasteiger partial charge in [0.1, 0.15) is 4.87 Å². The normalized spacial score (nSPS) is 25.6. The Kier molecular flexibility index (Phi) is 5.73. The maximum Gasteiger partial charge on any atom is 0.355 e. The molecule has 0 aromatic heterocycles. The molecule has 0 saturated carbocycles. The molecule has 0 unspecified atom stereocenters. The molecule has 8 heteroatoms. The molecule has 0 fully saturated rings. The number of thioether (sulfide) groups is 1. The molecule has 20 heavy (non-hydrogen) atoms. The molecule has 0 saturated heterocycles. The summed E-state index contributed by atoms with van der Waals surface area (Å²) in [7, 11) is 0. The van der Waals surface area contributed by atoms with Crippen LogP contribution in [0.3, 0.4) is 0 Å². The van der Waals surface area contributed by atoms with Crippen molar-refractivity contribution >= 4 is 29.4 Å². The summed E-state index contributed by atoms with van der Waals surface area (Å²) in [6.07, 6.45) is 0.941.